The maximum atomic E-state index is 10.9. The van der Waals surface area contributed by atoms with E-state index in [0.717, 1.165) is 10.6 Å². The van der Waals surface area contributed by atoms with E-state index in [1.807, 2.05) is 24.3 Å². The number of carboxylic acid groups (broad SMARTS) is 1. The Morgan fingerprint density at radius 3 is 2.61 bits per heavy atom. The molecule has 0 fully saturated rings. The van der Waals surface area contributed by atoms with E-state index in [1.54, 1.807) is 17.8 Å². The second kappa shape index (κ2) is 6.75. The molecule has 2 N–H and O–H groups in total. The summed E-state index contributed by atoms with van der Waals surface area (Å²) >= 11 is 1.65. The number of para-hydroxylation sites is 1. The minimum atomic E-state index is -1.04. The van der Waals surface area contributed by atoms with Crippen molar-refractivity contribution in [3.05, 3.63) is 71.8 Å². The minimum absolute atomic E-state index is 0.628. The van der Waals surface area contributed by atoms with E-state index >= 15 is 0 Å². The van der Waals surface area contributed by atoms with Gasteiger partial charge in [0.25, 0.3) is 0 Å². The van der Waals surface area contributed by atoms with Crippen molar-refractivity contribution in [2.24, 2.45) is 0 Å². The Kier molecular flexibility index (Phi) is 4.53. The molecule has 0 aromatic heterocycles. The molecule has 0 spiro atoms. The van der Waals surface area contributed by atoms with Crippen molar-refractivity contribution in [1.29, 1.82) is 0 Å². The molecule has 0 aliphatic rings. The summed E-state index contributed by atoms with van der Waals surface area (Å²) in [5, 5.41) is 13.9. The lowest BCUT2D eigenvalue weighted by Crippen LogP contribution is -2.07. The number of fused-ring (bicyclic) bond motifs is 1. The second-order valence-electron chi connectivity index (χ2n) is 5.30. The van der Waals surface area contributed by atoms with Gasteiger partial charge in [0.1, 0.15) is 0 Å². The molecule has 0 heterocycles. The highest BCUT2D eigenvalue weighted by Crippen LogP contribution is 2.33. The van der Waals surface area contributed by atoms with Crippen LogP contribution >= 0.6 is 11.8 Å². The highest BCUT2D eigenvalue weighted by molar-refractivity contribution is 7.98. The third-order valence-electron chi connectivity index (χ3n) is 3.78. The Labute approximate surface area is 139 Å². The number of amides is 1. The highest BCUT2D eigenvalue weighted by atomic mass is 32.2. The van der Waals surface area contributed by atoms with Gasteiger partial charge in [0.2, 0.25) is 0 Å². The summed E-state index contributed by atoms with van der Waals surface area (Å²) in [6.45, 7) is 2.11. The number of carbonyl (C=O) groups is 1. The predicted molar refractivity (Wildman–Crippen MR) is 96.3 cm³/mol. The van der Waals surface area contributed by atoms with Gasteiger partial charge in [-0.3, -0.25) is 5.32 Å². The molecule has 0 unspecified atom stereocenters. The fraction of sp³-hybridized carbons (Fsp3) is 0.105. The molecule has 0 atom stereocenters. The molecule has 23 heavy (non-hydrogen) atoms. The first kappa shape index (κ1) is 15.4. The lowest BCUT2D eigenvalue weighted by Gasteiger charge is -2.12. The largest absolute Gasteiger partial charge is 0.465 e. The van der Waals surface area contributed by atoms with E-state index < -0.39 is 6.09 Å². The lowest BCUT2D eigenvalue weighted by molar-refractivity contribution is 0.209. The van der Waals surface area contributed by atoms with Gasteiger partial charge in [0, 0.05) is 10.6 Å². The number of thioether (sulfide) groups is 1. The van der Waals surface area contributed by atoms with Crippen molar-refractivity contribution in [2.45, 2.75) is 17.6 Å². The van der Waals surface area contributed by atoms with Gasteiger partial charge in [0.05, 0.1) is 5.69 Å². The summed E-state index contributed by atoms with van der Waals surface area (Å²) in [7, 11) is 0. The summed E-state index contributed by atoms with van der Waals surface area (Å²) in [6, 6.07) is 20.1. The van der Waals surface area contributed by atoms with Gasteiger partial charge in [-0.05, 0) is 41.0 Å². The van der Waals surface area contributed by atoms with E-state index in [9.17, 15) is 4.79 Å². The minimum Gasteiger partial charge on any atom is -0.465 e. The third-order valence-corrected chi connectivity index (χ3v) is 4.88. The fourth-order valence-electron chi connectivity index (χ4n) is 2.60. The standard InChI is InChI=1S/C19H17NO2S/c1-13-10-11-14-6-2-3-7-15(14)16(13)12-23-18-9-5-4-8-17(18)20-19(21)22/h2-11,20H,12H2,1H3,(H,21,22). The van der Waals surface area contributed by atoms with Crippen molar-refractivity contribution in [3.8, 4) is 0 Å². The number of rotatable bonds is 4. The van der Waals surface area contributed by atoms with Crippen LogP contribution in [0.2, 0.25) is 0 Å². The molecule has 3 rings (SSSR count). The van der Waals surface area contributed by atoms with Gasteiger partial charge in [0.15, 0.2) is 0 Å². The fourth-order valence-corrected chi connectivity index (χ4v) is 3.73. The molecule has 1 amide bonds. The summed E-state index contributed by atoms with van der Waals surface area (Å²) in [6.07, 6.45) is -1.04. The number of anilines is 1. The summed E-state index contributed by atoms with van der Waals surface area (Å²) in [5.41, 5.74) is 3.17. The van der Waals surface area contributed by atoms with Gasteiger partial charge in [-0.25, -0.2) is 4.79 Å². The summed E-state index contributed by atoms with van der Waals surface area (Å²) < 4.78 is 0. The van der Waals surface area contributed by atoms with Crippen LogP contribution < -0.4 is 5.32 Å². The van der Waals surface area contributed by atoms with E-state index in [2.05, 4.69) is 42.6 Å². The lowest BCUT2D eigenvalue weighted by atomic mass is 10.0. The molecule has 0 aliphatic heterocycles. The van der Waals surface area contributed by atoms with Crippen molar-refractivity contribution in [3.63, 3.8) is 0 Å². The van der Waals surface area contributed by atoms with Crippen molar-refractivity contribution in [1.82, 2.24) is 0 Å². The first-order valence-corrected chi connectivity index (χ1v) is 8.33. The molecule has 0 saturated carbocycles. The molecule has 3 nitrogen and oxygen atoms in total. The molecule has 0 aliphatic carbocycles. The van der Waals surface area contributed by atoms with Crippen LogP contribution in [0.1, 0.15) is 11.1 Å². The van der Waals surface area contributed by atoms with Crippen LogP contribution in [0, 0.1) is 6.92 Å². The highest BCUT2D eigenvalue weighted by Gasteiger charge is 2.09. The maximum Gasteiger partial charge on any atom is 0.409 e. The Morgan fingerprint density at radius 1 is 1.04 bits per heavy atom. The van der Waals surface area contributed by atoms with Crippen LogP contribution in [-0.4, -0.2) is 11.2 Å². The molecule has 3 aromatic rings. The SMILES string of the molecule is Cc1ccc2ccccc2c1CSc1ccccc1NC(=O)O. The Hall–Kier alpha value is -2.46. The van der Waals surface area contributed by atoms with Crippen LogP contribution in [0.5, 0.6) is 0 Å². The number of hydrogen-bond donors (Lipinski definition) is 2. The maximum absolute atomic E-state index is 10.9. The molecule has 0 radical (unpaired) electrons. The van der Waals surface area contributed by atoms with Crippen molar-refractivity contribution in [2.75, 3.05) is 5.32 Å². The molecule has 3 aromatic carbocycles. The van der Waals surface area contributed by atoms with Gasteiger partial charge < -0.3 is 5.11 Å². The van der Waals surface area contributed by atoms with Crippen LogP contribution in [0.15, 0.2) is 65.6 Å². The normalized spacial score (nSPS) is 10.7. The third kappa shape index (κ3) is 3.48. The molecular formula is C19H17NO2S. The molecule has 0 bridgehead atoms. The van der Waals surface area contributed by atoms with Gasteiger partial charge >= 0.3 is 6.09 Å². The Morgan fingerprint density at radius 2 is 1.78 bits per heavy atom. The van der Waals surface area contributed by atoms with Crippen LogP contribution in [-0.2, 0) is 5.75 Å². The quantitative estimate of drug-likeness (QED) is 0.621. The van der Waals surface area contributed by atoms with Crippen LogP contribution in [0.3, 0.4) is 0 Å². The Balaban J connectivity index is 1.90. The zero-order valence-electron chi connectivity index (χ0n) is 12.7. The topological polar surface area (TPSA) is 49.3 Å². The zero-order chi connectivity index (χ0) is 16.2. The van der Waals surface area contributed by atoms with Crippen molar-refractivity contribution < 1.29 is 9.90 Å². The van der Waals surface area contributed by atoms with E-state index in [4.69, 9.17) is 5.11 Å². The van der Waals surface area contributed by atoms with Gasteiger partial charge in [-0.2, -0.15) is 0 Å². The zero-order valence-corrected chi connectivity index (χ0v) is 13.6. The summed E-state index contributed by atoms with van der Waals surface area (Å²) in [4.78, 5) is 11.8. The van der Waals surface area contributed by atoms with E-state index in [-0.39, 0.29) is 0 Å². The average molecular weight is 323 g/mol. The van der Waals surface area contributed by atoms with E-state index in [1.165, 1.54) is 21.9 Å². The number of benzene rings is 3. The smallest absolute Gasteiger partial charge is 0.409 e. The van der Waals surface area contributed by atoms with Gasteiger partial charge in [-0.1, -0.05) is 48.5 Å². The van der Waals surface area contributed by atoms with Gasteiger partial charge in [-0.15, -0.1) is 11.8 Å². The number of aryl methyl sites for hydroxylation is 1. The molecule has 116 valence electrons. The van der Waals surface area contributed by atoms with Crippen LogP contribution in [0.4, 0.5) is 10.5 Å². The number of nitrogens with one attached hydrogen (secondary N) is 1. The second-order valence-corrected chi connectivity index (χ2v) is 6.31. The first-order chi connectivity index (χ1) is 11.1. The van der Waals surface area contributed by atoms with E-state index in [0.29, 0.717) is 5.69 Å². The monoisotopic (exact) mass is 323 g/mol. The summed E-state index contributed by atoms with van der Waals surface area (Å²) in [5.74, 6) is 0.797. The Bertz CT molecular complexity index is 861. The molecule has 0 saturated heterocycles. The molecule has 4 heteroatoms. The first-order valence-electron chi connectivity index (χ1n) is 7.34. The molecular weight excluding hydrogens is 306 g/mol. The van der Waals surface area contributed by atoms with Crippen LogP contribution in [0.25, 0.3) is 10.8 Å². The number of hydrogen-bond acceptors (Lipinski definition) is 2. The van der Waals surface area contributed by atoms with Crippen molar-refractivity contribution >= 4 is 34.3 Å². The average Bonchev–Trinajstić information content (AvgIpc) is 2.55. The predicted octanol–water partition coefficient (Wildman–Crippen LogP) is 5.53.